The second kappa shape index (κ2) is 15.4. The smallest absolute Gasteiger partial charge is 1.00 e. The molecular formula is C26H31ClF2N4NaO7P. The van der Waals surface area contributed by atoms with Crippen LogP contribution in [0.15, 0.2) is 48.7 Å². The number of anilines is 1. The number of halogens is 3. The Morgan fingerprint density at radius 1 is 1.19 bits per heavy atom. The van der Waals surface area contributed by atoms with Crippen molar-refractivity contribution >= 4 is 48.1 Å². The second-order valence-corrected chi connectivity index (χ2v) is 11.7. The molecule has 0 aliphatic heterocycles. The van der Waals surface area contributed by atoms with Crippen LogP contribution < -0.4 is 40.2 Å². The van der Waals surface area contributed by atoms with Crippen LogP contribution in [0.25, 0.3) is 10.8 Å². The predicted octanol–water partition coefficient (Wildman–Crippen LogP) is 2.57. The van der Waals surface area contributed by atoms with Crippen molar-refractivity contribution in [3.8, 4) is 0 Å². The first-order valence-corrected chi connectivity index (χ1v) is 14.2. The van der Waals surface area contributed by atoms with Gasteiger partial charge in [-0.1, -0.05) is 37.6 Å². The number of likely N-dealkylation sites (N-methyl/N-ethyl adjacent to an activating group) is 1. The van der Waals surface area contributed by atoms with Gasteiger partial charge in [0.2, 0.25) is 0 Å². The van der Waals surface area contributed by atoms with E-state index in [9.17, 15) is 22.9 Å². The first-order chi connectivity index (χ1) is 19.1. The molecule has 0 saturated heterocycles. The molecule has 0 unspecified atom stereocenters. The molecule has 3 rings (SSSR count). The minimum absolute atomic E-state index is 0. The number of phosphoric ester groups is 1. The molecule has 0 fully saturated rings. The fourth-order valence-electron chi connectivity index (χ4n) is 3.90. The summed E-state index contributed by atoms with van der Waals surface area (Å²) in [6.45, 7) is 2.55. The number of nitrogens with zero attached hydrogens (tertiary/aromatic N) is 2. The van der Waals surface area contributed by atoms with Crippen LogP contribution in [0.1, 0.15) is 27.3 Å². The molecular weight excluding hydrogens is 608 g/mol. The molecule has 0 saturated carbocycles. The van der Waals surface area contributed by atoms with E-state index in [2.05, 4.69) is 20.1 Å². The number of ether oxygens (including phenoxy) is 1. The standard InChI is InChI=1S/C26H30ClF2N4O7P.Na.H/c1-26(2,15-40-41(36,37)38)11-20(33(3)24(34)31-13-17-5-4-6-21(29)23(17)27)14-39-25(35)32-22-10-18-9-19(28)8-7-16(18)12-30-22;;/h4-10,12,20H,11,13-15H2,1-3H3,(H,31,34)(H,30,32,35)(H2,36,37,38);;/q;+1;-1/t20-;;/m0../s1. The average molecular weight is 639 g/mol. The summed E-state index contributed by atoms with van der Waals surface area (Å²) in [6.07, 6.45) is 0.654. The first-order valence-electron chi connectivity index (χ1n) is 12.3. The zero-order chi connectivity index (χ0) is 30.4. The number of hydrogen-bond donors (Lipinski definition) is 4. The van der Waals surface area contributed by atoms with Gasteiger partial charge in [0.25, 0.3) is 0 Å². The number of amides is 3. The maximum absolute atomic E-state index is 13.8. The average Bonchev–Trinajstić information content (AvgIpc) is 2.89. The molecule has 4 N–H and O–H groups in total. The molecule has 0 spiro atoms. The van der Waals surface area contributed by atoms with E-state index in [-0.39, 0.29) is 68.0 Å². The van der Waals surface area contributed by atoms with E-state index in [4.69, 9.17) is 26.1 Å². The summed E-state index contributed by atoms with van der Waals surface area (Å²) in [5.41, 5.74) is -0.533. The van der Waals surface area contributed by atoms with Gasteiger partial charge in [-0.25, -0.2) is 27.9 Å². The van der Waals surface area contributed by atoms with Crippen molar-refractivity contribution in [3.63, 3.8) is 0 Å². The van der Waals surface area contributed by atoms with Gasteiger partial charge in [0.05, 0.1) is 17.7 Å². The van der Waals surface area contributed by atoms with Crippen molar-refractivity contribution < 1.29 is 73.0 Å². The number of benzene rings is 2. The Morgan fingerprint density at radius 3 is 2.60 bits per heavy atom. The minimum Gasteiger partial charge on any atom is -1.00 e. The molecule has 224 valence electrons. The summed E-state index contributed by atoms with van der Waals surface area (Å²) in [6, 6.07) is 8.38. The number of phosphoric acid groups is 1. The molecule has 16 heteroatoms. The largest absolute Gasteiger partial charge is 1.00 e. The number of rotatable bonds is 11. The van der Waals surface area contributed by atoms with Crippen LogP contribution in [0.4, 0.5) is 24.2 Å². The molecule has 0 radical (unpaired) electrons. The Morgan fingerprint density at radius 2 is 1.90 bits per heavy atom. The van der Waals surface area contributed by atoms with Gasteiger partial charge in [0.15, 0.2) is 0 Å². The SMILES string of the molecule is CN(C(=O)NCc1cccc(F)c1Cl)[C@H](COC(=O)Nc1cc2cc(F)ccc2cn1)CC(C)(C)COP(=O)(O)O.[H-].[Na+]. The molecule has 0 aliphatic carbocycles. The fraction of sp³-hybridized carbons (Fsp3) is 0.346. The van der Waals surface area contributed by atoms with Crippen molar-refractivity contribution in [2.24, 2.45) is 5.41 Å². The van der Waals surface area contributed by atoms with Crippen LogP contribution in [-0.4, -0.2) is 58.1 Å². The minimum atomic E-state index is -4.75. The van der Waals surface area contributed by atoms with Crippen molar-refractivity contribution in [2.45, 2.75) is 32.9 Å². The summed E-state index contributed by atoms with van der Waals surface area (Å²) in [4.78, 5) is 49.1. The van der Waals surface area contributed by atoms with E-state index in [0.717, 1.165) is 0 Å². The summed E-state index contributed by atoms with van der Waals surface area (Å²) in [5, 5.41) is 6.11. The van der Waals surface area contributed by atoms with E-state index < -0.39 is 43.0 Å². The third-order valence-electron chi connectivity index (χ3n) is 6.06. The zero-order valence-corrected chi connectivity index (χ0v) is 27.1. The Labute approximate surface area is 269 Å². The van der Waals surface area contributed by atoms with Gasteiger partial charge >= 0.3 is 49.5 Å². The van der Waals surface area contributed by atoms with Gasteiger partial charge < -0.3 is 26.2 Å². The maximum atomic E-state index is 13.8. The van der Waals surface area contributed by atoms with Crippen LogP contribution in [-0.2, 0) is 20.4 Å². The normalized spacial score (nSPS) is 12.3. The molecule has 11 nitrogen and oxygen atoms in total. The van der Waals surface area contributed by atoms with Gasteiger partial charge in [-0.2, -0.15) is 0 Å². The van der Waals surface area contributed by atoms with Crippen LogP contribution >= 0.6 is 19.4 Å². The molecule has 42 heavy (non-hydrogen) atoms. The van der Waals surface area contributed by atoms with Crippen molar-refractivity contribution in [2.75, 3.05) is 25.6 Å². The summed E-state index contributed by atoms with van der Waals surface area (Å²) in [5.74, 6) is -0.980. The molecule has 3 aromatic rings. The van der Waals surface area contributed by atoms with E-state index in [1.54, 1.807) is 26.0 Å². The van der Waals surface area contributed by atoms with Gasteiger partial charge in [-0.15, -0.1) is 0 Å². The van der Waals surface area contributed by atoms with E-state index in [1.165, 1.54) is 48.5 Å². The van der Waals surface area contributed by atoms with Gasteiger partial charge in [0.1, 0.15) is 24.1 Å². The van der Waals surface area contributed by atoms with Crippen molar-refractivity contribution in [3.05, 3.63) is 70.9 Å². The summed E-state index contributed by atoms with van der Waals surface area (Å²) >= 11 is 5.96. The number of aromatic nitrogens is 1. The number of fused-ring (bicyclic) bond motifs is 1. The van der Waals surface area contributed by atoms with Crippen LogP contribution in [0.5, 0.6) is 0 Å². The van der Waals surface area contributed by atoms with Crippen molar-refractivity contribution in [1.82, 2.24) is 15.2 Å². The fourth-order valence-corrected chi connectivity index (χ4v) is 4.61. The molecule has 0 bridgehead atoms. The summed E-state index contributed by atoms with van der Waals surface area (Å²) in [7, 11) is -3.32. The zero-order valence-electron chi connectivity index (χ0n) is 24.4. The molecule has 3 amide bonds. The Kier molecular flexibility index (Phi) is 13.1. The number of nitrogens with one attached hydrogen (secondary N) is 2. The van der Waals surface area contributed by atoms with E-state index >= 15 is 0 Å². The Balaban J connectivity index is 0.00000462. The Bertz CT molecular complexity index is 1470. The maximum Gasteiger partial charge on any atom is 1.00 e. The number of carbonyl (C=O) groups excluding carboxylic acids is 2. The summed E-state index contributed by atoms with van der Waals surface area (Å²) < 4.78 is 48.6. The molecule has 2 aromatic carbocycles. The second-order valence-electron chi connectivity index (χ2n) is 10.1. The number of pyridine rings is 1. The van der Waals surface area contributed by atoms with Gasteiger partial charge in [0, 0.05) is 25.2 Å². The third kappa shape index (κ3) is 11.1. The number of hydrogen-bond acceptors (Lipinski definition) is 6. The topological polar surface area (TPSA) is 150 Å². The van der Waals surface area contributed by atoms with Crippen LogP contribution in [0, 0.1) is 17.0 Å². The molecule has 1 aromatic heterocycles. The quantitative estimate of drug-likeness (QED) is 0.185. The third-order valence-corrected chi connectivity index (χ3v) is 6.95. The monoisotopic (exact) mass is 638 g/mol. The van der Waals surface area contributed by atoms with Gasteiger partial charge in [-0.3, -0.25) is 9.84 Å². The first kappa shape index (κ1) is 35.8. The molecule has 1 heterocycles. The van der Waals surface area contributed by atoms with Crippen LogP contribution in [0.3, 0.4) is 0 Å². The number of urea groups is 1. The predicted molar refractivity (Wildman–Crippen MR) is 149 cm³/mol. The van der Waals surface area contributed by atoms with Gasteiger partial charge in [-0.05, 0) is 53.1 Å². The molecule has 1 atom stereocenters. The van der Waals surface area contributed by atoms with Crippen LogP contribution in [0.2, 0.25) is 5.02 Å². The number of carbonyl (C=O) groups is 2. The van der Waals surface area contributed by atoms with Crippen molar-refractivity contribution in [1.29, 1.82) is 0 Å². The Hall–Kier alpha value is -2.35. The molecule has 0 aliphatic rings. The van der Waals surface area contributed by atoms with E-state index in [1.807, 2.05) is 0 Å². The van der Waals surface area contributed by atoms with E-state index in [0.29, 0.717) is 16.3 Å².